The normalized spacial score (nSPS) is 10.8. The van der Waals surface area contributed by atoms with Crippen molar-refractivity contribution >= 4 is 22.9 Å². The van der Waals surface area contributed by atoms with E-state index in [1.165, 1.54) is 4.57 Å². The Labute approximate surface area is 168 Å². The van der Waals surface area contributed by atoms with E-state index in [1.807, 2.05) is 32.0 Å². The molecule has 2 aromatic carbocycles. The van der Waals surface area contributed by atoms with E-state index in [-0.39, 0.29) is 24.8 Å². The van der Waals surface area contributed by atoms with Crippen molar-refractivity contribution in [3.8, 4) is 0 Å². The van der Waals surface area contributed by atoms with Gasteiger partial charge in [0.05, 0.1) is 5.52 Å². The van der Waals surface area contributed by atoms with Crippen LogP contribution in [0.2, 0.25) is 0 Å². The minimum atomic E-state index is -0.465. The fourth-order valence-electron chi connectivity index (χ4n) is 3.19. The van der Waals surface area contributed by atoms with Gasteiger partial charge in [-0.3, -0.25) is 14.2 Å². The highest BCUT2D eigenvalue weighted by Crippen LogP contribution is 2.12. The number of fused-ring (bicyclic) bond motifs is 1. The van der Waals surface area contributed by atoms with Crippen LogP contribution in [0.1, 0.15) is 36.2 Å². The lowest BCUT2D eigenvalue weighted by Gasteiger charge is -2.18. The number of carbonyl (C=O) groups excluding carboxylic acids is 2. The van der Waals surface area contributed by atoms with Gasteiger partial charge in [-0.05, 0) is 43.7 Å². The lowest BCUT2D eigenvalue weighted by atomic mass is 10.1. The molecule has 7 nitrogen and oxygen atoms in total. The fourth-order valence-corrected chi connectivity index (χ4v) is 3.19. The van der Waals surface area contributed by atoms with Crippen molar-refractivity contribution in [1.82, 2.24) is 14.8 Å². The summed E-state index contributed by atoms with van der Waals surface area (Å²) < 4.78 is 6.63. The first-order valence-electron chi connectivity index (χ1n) is 9.76. The fraction of sp³-hybridized carbons (Fsp3) is 0.318. The van der Waals surface area contributed by atoms with Crippen LogP contribution in [-0.4, -0.2) is 34.4 Å². The first-order valence-corrected chi connectivity index (χ1v) is 9.76. The van der Waals surface area contributed by atoms with Crippen molar-refractivity contribution in [2.45, 2.75) is 33.4 Å². The molecule has 1 aromatic heterocycles. The molecule has 3 rings (SSSR count). The van der Waals surface area contributed by atoms with E-state index in [0.29, 0.717) is 36.3 Å². The van der Waals surface area contributed by atoms with Crippen molar-refractivity contribution < 1.29 is 14.0 Å². The third kappa shape index (κ3) is 4.74. The average molecular weight is 395 g/mol. The standard InChI is InChI=1S/C22H25N3O4/c1-3-24(4-2)21(27)17-11-9-16(10-12-17)15-23-20(26)13-14-25-18-7-5-6-8-19(18)29-22(25)28/h5-12H,3-4,13-15H2,1-2H3,(H,23,26). The van der Waals surface area contributed by atoms with Gasteiger partial charge in [0.2, 0.25) is 5.91 Å². The summed E-state index contributed by atoms with van der Waals surface area (Å²) >= 11 is 0. The molecule has 0 saturated heterocycles. The first-order chi connectivity index (χ1) is 14.0. The Kier molecular flexibility index (Phi) is 6.49. The molecule has 0 radical (unpaired) electrons. The minimum absolute atomic E-state index is 0.00312. The number of hydrogen-bond donors (Lipinski definition) is 1. The van der Waals surface area contributed by atoms with Crippen molar-refractivity contribution in [2.24, 2.45) is 0 Å². The maximum Gasteiger partial charge on any atom is 0.419 e. The Bertz CT molecular complexity index is 1050. The van der Waals surface area contributed by atoms with Crippen LogP contribution in [0.5, 0.6) is 0 Å². The molecular weight excluding hydrogens is 370 g/mol. The number of hydrogen-bond acceptors (Lipinski definition) is 4. The molecule has 0 aliphatic rings. The predicted molar refractivity (Wildman–Crippen MR) is 111 cm³/mol. The van der Waals surface area contributed by atoms with Gasteiger partial charge < -0.3 is 14.6 Å². The van der Waals surface area contributed by atoms with Crippen LogP contribution in [0.3, 0.4) is 0 Å². The third-order valence-electron chi connectivity index (χ3n) is 4.88. The number of rotatable bonds is 8. The predicted octanol–water partition coefficient (Wildman–Crippen LogP) is 2.78. The van der Waals surface area contributed by atoms with Gasteiger partial charge in [-0.15, -0.1) is 0 Å². The van der Waals surface area contributed by atoms with Crippen molar-refractivity contribution in [2.75, 3.05) is 13.1 Å². The van der Waals surface area contributed by atoms with Gasteiger partial charge in [0.15, 0.2) is 5.58 Å². The summed E-state index contributed by atoms with van der Waals surface area (Å²) in [6.07, 6.45) is 0.169. The number of nitrogens with one attached hydrogen (secondary N) is 1. The number of carbonyl (C=O) groups is 2. The Morgan fingerprint density at radius 3 is 2.41 bits per heavy atom. The van der Waals surface area contributed by atoms with Crippen LogP contribution in [-0.2, 0) is 17.9 Å². The molecule has 0 saturated carbocycles. The van der Waals surface area contributed by atoms with Gasteiger partial charge in [-0.2, -0.15) is 0 Å². The van der Waals surface area contributed by atoms with Crippen molar-refractivity contribution in [1.29, 1.82) is 0 Å². The van der Waals surface area contributed by atoms with Crippen LogP contribution in [0, 0.1) is 0 Å². The molecule has 0 unspecified atom stereocenters. The molecule has 29 heavy (non-hydrogen) atoms. The summed E-state index contributed by atoms with van der Waals surface area (Å²) in [5.41, 5.74) is 2.73. The molecule has 0 bridgehead atoms. The van der Waals surface area contributed by atoms with Gasteiger partial charge in [0, 0.05) is 38.2 Å². The lowest BCUT2D eigenvalue weighted by molar-refractivity contribution is -0.121. The molecule has 152 valence electrons. The van der Waals surface area contributed by atoms with E-state index in [9.17, 15) is 14.4 Å². The summed E-state index contributed by atoms with van der Waals surface area (Å²) in [6, 6.07) is 14.4. The quantitative estimate of drug-likeness (QED) is 0.636. The number of oxazole rings is 1. The Morgan fingerprint density at radius 1 is 1.03 bits per heavy atom. The molecule has 1 N–H and O–H groups in total. The minimum Gasteiger partial charge on any atom is -0.408 e. The SMILES string of the molecule is CCN(CC)C(=O)c1ccc(CNC(=O)CCn2c(=O)oc3ccccc32)cc1. The van der Waals surface area contributed by atoms with Crippen LogP contribution in [0.15, 0.2) is 57.7 Å². The zero-order chi connectivity index (χ0) is 20.8. The van der Waals surface area contributed by atoms with Crippen molar-refractivity contribution in [3.63, 3.8) is 0 Å². The zero-order valence-corrected chi connectivity index (χ0v) is 16.7. The highest BCUT2D eigenvalue weighted by atomic mass is 16.4. The molecular formula is C22H25N3O4. The summed E-state index contributed by atoms with van der Waals surface area (Å²) in [5, 5.41) is 2.84. The molecule has 0 atom stereocenters. The number of nitrogens with zero attached hydrogens (tertiary/aromatic N) is 2. The number of benzene rings is 2. The maximum atomic E-state index is 12.3. The van der Waals surface area contributed by atoms with E-state index in [1.54, 1.807) is 35.2 Å². The Morgan fingerprint density at radius 2 is 1.72 bits per heavy atom. The number of para-hydroxylation sites is 2. The molecule has 0 spiro atoms. The van der Waals surface area contributed by atoms with Crippen molar-refractivity contribution in [3.05, 3.63) is 70.2 Å². The van der Waals surface area contributed by atoms with E-state index >= 15 is 0 Å². The van der Waals surface area contributed by atoms with Gasteiger partial charge in [-0.1, -0.05) is 24.3 Å². The number of amides is 2. The van der Waals surface area contributed by atoms with E-state index in [4.69, 9.17) is 4.42 Å². The number of aryl methyl sites for hydroxylation is 1. The average Bonchev–Trinajstić information content (AvgIpc) is 3.06. The largest absolute Gasteiger partial charge is 0.419 e. The molecule has 0 fully saturated rings. The molecule has 0 aliphatic carbocycles. The topological polar surface area (TPSA) is 84.5 Å². The Balaban J connectivity index is 1.53. The highest BCUT2D eigenvalue weighted by molar-refractivity contribution is 5.94. The summed E-state index contributed by atoms with van der Waals surface area (Å²) in [6.45, 7) is 5.85. The number of aromatic nitrogens is 1. The smallest absolute Gasteiger partial charge is 0.408 e. The highest BCUT2D eigenvalue weighted by Gasteiger charge is 2.13. The van der Waals surface area contributed by atoms with Gasteiger partial charge in [0.25, 0.3) is 5.91 Å². The zero-order valence-electron chi connectivity index (χ0n) is 16.7. The lowest BCUT2D eigenvalue weighted by Crippen LogP contribution is -2.30. The first kappa shape index (κ1) is 20.4. The van der Waals surface area contributed by atoms with Crippen LogP contribution in [0.25, 0.3) is 11.1 Å². The molecule has 2 amide bonds. The summed E-state index contributed by atoms with van der Waals surface area (Å²) in [4.78, 5) is 38.2. The second-order valence-electron chi connectivity index (χ2n) is 6.69. The maximum absolute atomic E-state index is 12.3. The molecule has 3 aromatic rings. The van der Waals surface area contributed by atoms with E-state index in [2.05, 4.69) is 5.32 Å². The van der Waals surface area contributed by atoms with Crippen LogP contribution >= 0.6 is 0 Å². The molecule has 0 aliphatic heterocycles. The summed E-state index contributed by atoms with van der Waals surface area (Å²) in [5.74, 6) is -0.624. The third-order valence-corrected chi connectivity index (χ3v) is 4.88. The van der Waals surface area contributed by atoms with E-state index in [0.717, 1.165) is 5.56 Å². The van der Waals surface area contributed by atoms with Gasteiger partial charge in [0.1, 0.15) is 0 Å². The second-order valence-corrected chi connectivity index (χ2v) is 6.69. The van der Waals surface area contributed by atoms with Gasteiger partial charge in [-0.25, -0.2) is 4.79 Å². The van der Waals surface area contributed by atoms with Crippen LogP contribution in [0.4, 0.5) is 0 Å². The Hall–Kier alpha value is -3.35. The second kappa shape index (κ2) is 9.23. The molecule has 7 heteroatoms. The molecule has 1 heterocycles. The summed E-state index contributed by atoms with van der Waals surface area (Å²) in [7, 11) is 0. The van der Waals surface area contributed by atoms with Crippen LogP contribution < -0.4 is 11.1 Å². The van der Waals surface area contributed by atoms with E-state index < -0.39 is 5.76 Å². The monoisotopic (exact) mass is 395 g/mol. The van der Waals surface area contributed by atoms with Gasteiger partial charge >= 0.3 is 5.76 Å².